The number of ether oxygens (including phenoxy) is 2. The Kier molecular flexibility index (Phi) is 3.97. The summed E-state index contributed by atoms with van der Waals surface area (Å²) in [5, 5.41) is 3.50. The molecule has 1 aliphatic heterocycles. The zero-order valence-electron chi connectivity index (χ0n) is 9.74. The van der Waals surface area contributed by atoms with E-state index in [1.165, 1.54) is 32.4 Å². The summed E-state index contributed by atoms with van der Waals surface area (Å²) in [6.07, 6.45) is 3.97. The fraction of sp³-hybridized carbons (Fsp3) is 1.00. The predicted octanol–water partition coefficient (Wildman–Crippen LogP) is 0.432. The molecule has 1 atom stereocenters. The molecule has 0 aromatic carbocycles. The van der Waals surface area contributed by atoms with Crippen LogP contribution in [-0.4, -0.2) is 57.1 Å². The molecule has 0 aromatic rings. The second kappa shape index (κ2) is 5.25. The van der Waals surface area contributed by atoms with E-state index in [1.807, 2.05) is 0 Å². The van der Waals surface area contributed by atoms with Gasteiger partial charge in [-0.05, 0) is 19.3 Å². The summed E-state index contributed by atoms with van der Waals surface area (Å²) in [6, 6.07) is 1.52. The number of hydrogen-bond donors (Lipinski definition) is 1. The molecule has 2 aliphatic rings. The molecule has 1 N–H and O–H groups in total. The number of methoxy groups -OCH3 is 2. The van der Waals surface area contributed by atoms with Crippen LogP contribution in [0, 0.1) is 0 Å². The molecule has 15 heavy (non-hydrogen) atoms. The Morgan fingerprint density at radius 1 is 1.27 bits per heavy atom. The van der Waals surface area contributed by atoms with Gasteiger partial charge in [0.05, 0.1) is 0 Å². The Morgan fingerprint density at radius 2 is 2.00 bits per heavy atom. The average Bonchev–Trinajstić information content (AvgIpc) is 3.01. The highest BCUT2D eigenvalue weighted by Gasteiger charge is 2.34. The number of likely N-dealkylation sites (tertiary alicyclic amines) is 1. The highest BCUT2D eigenvalue weighted by atomic mass is 16.7. The standard InChI is InChI=1S/C11H22N2O2/c1-14-11(15-2)7-12-9-5-6-13(8-9)10-3-4-10/h9-12H,3-8H2,1-2H3. The minimum atomic E-state index is -0.111. The van der Waals surface area contributed by atoms with Gasteiger partial charge < -0.3 is 14.8 Å². The normalized spacial score (nSPS) is 27.8. The van der Waals surface area contributed by atoms with E-state index in [-0.39, 0.29) is 6.29 Å². The molecule has 0 spiro atoms. The van der Waals surface area contributed by atoms with E-state index in [4.69, 9.17) is 9.47 Å². The molecular weight excluding hydrogens is 192 g/mol. The minimum Gasteiger partial charge on any atom is -0.355 e. The van der Waals surface area contributed by atoms with E-state index in [0.717, 1.165) is 12.6 Å². The van der Waals surface area contributed by atoms with Gasteiger partial charge in [0, 0.05) is 45.9 Å². The lowest BCUT2D eigenvalue weighted by molar-refractivity contribution is -0.0997. The summed E-state index contributed by atoms with van der Waals surface area (Å²) in [5.74, 6) is 0. The van der Waals surface area contributed by atoms with Crippen LogP contribution < -0.4 is 5.32 Å². The molecule has 1 heterocycles. The molecule has 88 valence electrons. The van der Waals surface area contributed by atoms with Gasteiger partial charge in [-0.3, -0.25) is 4.90 Å². The highest BCUT2D eigenvalue weighted by molar-refractivity contribution is 4.91. The first-order chi connectivity index (χ1) is 7.33. The SMILES string of the molecule is COC(CNC1CCN(C2CC2)C1)OC. The predicted molar refractivity (Wildman–Crippen MR) is 58.8 cm³/mol. The number of nitrogens with zero attached hydrogens (tertiary/aromatic N) is 1. The maximum absolute atomic E-state index is 5.15. The van der Waals surface area contributed by atoms with Crippen molar-refractivity contribution in [2.45, 2.75) is 37.6 Å². The highest BCUT2D eigenvalue weighted by Crippen LogP contribution is 2.29. The Morgan fingerprint density at radius 3 is 2.60 bits per heavy atom. The van der Waals surface area contributed by atoms with Crippen LogP contribution in [0.4, 0.5) is 0 Å². The maximum atomic E-state index is 5.15. The van der Waals surface area contributed by atoms with Crippen LogP contribution in [0.15, 0.2) is 0 Å². The van der Waals surface area contributed by atoms with Gasteiger partial charge in [-0.15, -0.1) is 0 Å². The molecule has 4 nitrogen and oxygen atoms in total. The number of rotatable bonds is 6. The zero-order chi connectivity index (χ0) is 10.7. The lowest BCUT2D eigenvalue weighted by atomic mass is 10.2. The van der Waals surface area contributed by atoms with E-state index in [9.17, 15) is 0 Å². The summed E-state index contributed by atoms with van der Waals surface area (Å²) in [5.41, 5.74) is 0. The zero-order valence-corrected chi connectivity index (χ0v) is 9.74. The smallest absolute Gasteiger partial charge is 0.169 e. The van der Waals surface area contributed by atoms with Crippen molar-refractivity contribution in [2.75, 3.05) is 33.9 Å². The number of nitrogens with one attached hydrogen (secondary N) is 1. The van der Waals surface area contributed by atoms with Gasteiger partial charge in [0.25, 0.3) is 0 Å². The van der Waals surface area contributed by atoms with Crippen molar-refractivity contribution < 1.29 is 9.47 Å². The largest absolute Gasteiger partial charge is 0.355 e. The van der Waals surface area contributed by atoms with Gasteiger partial charge in [-0.1, -0.05) is 0 Å². The Bertz CT molecular complexity index is 193. The first-order valence-electron chi connectivity index (χ1n) is 5.86. The van der Waals surface area contributed by atoms with Crippen LogP contribution >= 0.6 is 0 Å². The van der Waals surface area contributed by atoms with Crippen molar-refractivity contribution in [1.82, 2.24) is 10.2 Å². The van der Waals surface area contributed by atoms with Gasteiger partial charge in [-0.2, -0.15) is 0 Å². The average molecular weight is 214 g/mol. The van der Waals surface area contributed by atoms with Gasteiger partial charge in [-0.25, -0.2) is 0 Å². The van der Waals surface area contributed by atoms with Crippen LogP contribution in [-0.2, 0) is 9.47 Å². The fourth-order valence-electron chi connectivity index (χ4n) is 2.25. The van der Waals surface area contributed by atoms with Crippen LogP contribution in [0.2, 0.25) is 0 Å². The van der Waals surface area contributed by atoms with E-state index < -0.39 is 0 Å². The molecule has 1 aliphatic carbocycles. The second-order valence-corrected chi connectivity index (χ2v) is 4.52. The summed E-state index contributed by atoms with van der Waals surface area (Å²) >= 11 is 0. The molecule has 1 unspecified atom stereocenters. The Hall–Kier alpha value is -0.160. The van der Waals surface area contributed by atoms with Gasteiger partial charge in [0.1, 0.15) is 0 Å². The number of hydrogen-bond acceptors (Lipinski definition) is 4. The molecule has 2 fully saturated rings. The molecule has 0 radical (unpaired) electrons. The topological polar surface area (TPSA) is 33.7 Å². The summed E-state index contributed by atoms with van der Waals surface area (Å²) < 4.78 is 10.3. The third-order valence-corrected chi connectivity index (χ3v) is 3.38. The van der Waals surface area contributed by atoms with Crippen molar-refractivity contribution >= 4 is 0 Å². The third kappa shape index (κ3) is 3.14. The van der Waals surface area contributed by atoms with Gasteiger partial charge >= 0.3 is 0 Å². The molecule has 1 saturated heterocycles. The van der Waals surface area contributed by atoms with Crippen LogP contribution in [0.25, 0.3) is 0 Å². The summed E-state index contributed by atoms with van der Waals surface area (Å²) in [6.45, 7) is 3.24. The lowest BCUT2D eigenvalue weighted by Crippen LogP contribution is -2.39. The summed E-state index contributed by atoms with van der Waals surface area (Å²) in [4.78, 5) is 2.60. The molecule has 0 bridgehead atoms. The van der Waals surface area contributed by atoms with Crippen molar-refractivity contribution in [3.8, 4) is 0 Å². The molecule has 1 saturated carbocycles. The first kappa shape index (κ1) is 11.3. The molecule has 2 rings (SSSR count). The van der Waals surface area contributed by atoms with E-state index in [2.05, 4.69) is 10.2 Å². The third-order valence-electron chi connectivity index (χ3n) is 3.38. The molecular formula is C11H22N2O2. The Balaban J connectivity index is 1.63. The monoisotopic (exact) mass is 214 g/mol. The van der Waals surface area contributed by atoms with Crippen molar-refractivity contribution in [1.29, 1.82) is 0 Å². The second-order valence-electron chi connectivity index (χ2n) is 4.52. The molecule has 4 heteroatoms. The summed E-state index contributed by atoms with van der Waals surface area (Å²) in [7, 11) is 3.36. The molecule has 0 aromatic heterocycles. The van der Waals surface area contributed by atoms with E-state index >= 15 is 0 Å². The van der Waals surface area contributed by atoms with Gasteiger partial charge in [0.15, 0.2) is 6.29 Å². The van der Waals surface area contributed by atoms with E-state index in [0.29, 0.717) is 6.04 Å². The van der Waals surface area contributed by atoms with Crippen LogP contribution in [0.5, 0.6) is 0 Å². The van der Waals surface area contributed by atoms with Crippen LogP contribution in [0.3, 0.4) is 0 Å². The van der Waals surface area contributed by atoms with Crippen molar-refractivity contribution in [3.63, 3.8) is 0 Å². The maximum Gasteiger partial charge on any atom is 0.169 e. The van der Waals surface area contributed by atoms with Crippen LogP contribution in [0.1, 0.15) is 19.3 Å². The van der Waals surface area contributed by atoms with E-state index in [1.54, 1.807) is 14.2 Å². The van der Waals surface area contributed by atoms with Crippen molar-refractivity contribution in [3.05, 3.63) is 0 Å². The molecule has 0 amide bonds. The minimum absolute atomic E-state index is 0.111. The lowest BCUT2D eigenvalue weighted by Gasteiger charge is -2.19. The quantitative estimate of drug-likeness (QED) is 0.650. The Labute approximate surface area is 91.9 Å². The van der Waals surface area contributed by atoms with Crippen molar-refractivity contribution in [2.24, 2.45) is 0 Å². The fourth-order valence-corrected chi connectivity index (χ4v) is 2.25. The van der Waals surface area contributed by atoms with Gasteiger partial charge in [0.2, 0.25) is 0 Å². The first-order valence-corrected chi connectivity index (χ1v) is 5.86.